The van der Waals surface area contributed by atoms with Gasteiger partial charge in [-0.3, -0.25) is 0 Å². The van der Waals surface area contributed by atoms with Crippen LogP contribution < -0.4 is 4.90 Å². The minimum atomic E-state index is 0.372. The summed E-state index contributed by atoms with van der Waals surface area (Å²) in [5.41, 5.74) is 1.10. The van der Waals surface area contributed by atoms with E-state index in [0.29, 0.717) is 17.3 Å². The standard InChI is InChI=1S/C14H20ClN3O/c1-2-4-10-13(15)16-9-17-14(10)18-7-8-19-12-6-3-5-11(12)18/h9,11-12H,2-8H2,1H3. The summed E-state index contributed by atoms with van der Waals surface area (Å²) in [5.74, 6) is 1.03. The van der Waals surface area contributed by atoms with E-state index in [-0.39, 0.29) is 0 Å². The van der Waals surface area contributed by atoms with E-state index in [4.69, 9.17) is 16.3 Å². The maximum atomic E-state index is 6.26. The van der Waals surface area contributed by atoms with E-state index < -0.39 is 0 Å². The molecule has 1 aliphatic heterocycles. The van der Waals surface area contributed by atoms with Crippen LogP contribution in [0.5, 0.6) is 0 Å². The van der Waals surface area contributed by atoms with Crippen molar-refractivity contribution in [2.45, 2.75) is 51.2 Å². The van der Waals surface area contributed by atoms with Gasteiger partial charge in [0.25, 0.3) is 0 Å². The average molecular weight is 282 g/mol. The second kappa shape index (κ2) is 5.63. The first-order chi connectivity index (χ1) is 9.31. The first kappa shape index (κ1) is 13.1. The fourth-order valence-corrected chi connectivity index (χ4v) is 3.51. The van der Waals surface area contributed by atoms with E-state index >= 15 is 0 Å². The van der Waals surface area contributed by atoms with Crippen molar-refractivity contribution < 1.29 is 4.74 Å². The zero-order chi connectivity index (χ0) is 13.2. The zero-order valence-electron chi connectivity index (χ0n) is 11.3. The Labute approximate surface area is 119 Å². The topological polar surface area (TPSA) is 38.2 Å². The largest absolute Gasteiger partial charge is 0.374 e. The van der Waals surface area contributed by atoms with Gasteiger partial charge >= 0.3 is 0 Å². The van der Waals surface area contributed by atoms with E-state index in [1.807, 2.05) is 0 Å². The lowest BCUT2D eigenvalue weighted by atomic mass is 10.1. The van der Waals surface area contributed by atoms with Crippen LogP contribution in [-0.4, -0.2) is 35.3 Å². The van der Waals surface area contributed by atoms with E-state index in [9.17, 15) is 0 Å². The normalized spacial score (nSPS) is 26.5. The number of morpholine rings is 1. The molecule has 19 heavy (non-hydrogen) atoms. The molecule has 1 aromatic heterocycles. The summed E-state index contributed by atoms with van der Waals surface area (Å²) in [7, 11) is 0. The van der Waals surface area contributed by atoms with E-state index in [2.05, 4.69) is 21.8 Å². The maximum Gasteiger partial charge on any atom is 0.137 e. The third-order valence-electron chi connectivity index (χ3n) is 4.12. The number of hydrogen-bond donors (Lipinski definition) is 0. The van der Waals surface area contributed by atoms with E-state index in [1.165, 1.54) is 19.3 Å². The number of rotatable bonds is 3. The van der Waals surface area contributed by atoms with Crippen molar-refractivity contribution in [1.29, 1.82) is 0 Å². The average Bonchev–Trinajstić information content (AvgIpc) is 2.89. The molecule has 0 aromatic carbocycles. The molecular formula is C14H20ClN3O. The third-order valence-corrected chi connectivity index (χ3v) is 4.45. The summed E-state index contributed by atoms with van der Waals surface area (Å²) in [6.45, 7) is 3.85. The molecule has 1 aliphatic carbocycles. The zero-order valence-corrected chi connectivity index (χ0v) is 12.1. The molecule has 104 valence electrons. The summed E-state index contributed by atoms with van der Waals surface area (Å²) in [6, 6.07) is 0.468. The van der Waals surface area contributed by atoms with Gasteiger partial charge in [-0.1, -0.05) is 24.9 Å². The van der Waals surface area contributed by atoms with Gasteiger partial charge in [-0.2, -0.15) is 0 Å². The molecule has 2 aliphatic rings. The molecule has 0 spiro atoms. The van der Waals surface area contributed by atoms with Crippen molar-refractivity contribution >= 4 is 17.4 Å². The van der Waals surface area contributed by atoms with Crippen molar-refractivity contribution in [1.82, 2.24) is 9.97 Å². The monoisotopic (exact) mass is 281 g/mol. The first-order valence-electron chi connectivity index (χ1n) is 7.19. The molecule has 1 saturated carbocycles. The Morgan fingerprint density at radius 3 is 3.16 bits per heavy atom. The van der Waals surface area contributed by atoms with Crippen molar-refractivity contribution in [2.75, 3.05) is 18.1 Å². The highest BCUT2D eigenvalue weighted by Crippen LogP contribution is 2.35. The van der Waals surface area contributed by atoms with Crippen molar-refractivity contribution in [2.24, 2.45) is 0 Å². The van der Waals surface area contributed by atoms with Gasteiger partial charge in [0.05, 0.1) is 18.8 Å². The quantitative estimate of drug-likeness (QED) is 0.799. The number of aromatic nitrogens is 2. The van der Waals surface area contributed by atoms with Crippen LogP contribution in [-0.2, 0) is 11.2 Å². The van der Waals surface area contributed by atoms with Crippen molar-refractivity contribution in [3.63, 3.8) is 0 Å². The fraction of sp³-hybridized carbons (Fsp3) is 0.714. The van der Waals surface area contributed by atoms with E-state index in [0.717, 1.165) is 37.4 Å². The Kier molecular flexibility index (Phi) is 3.89. The summed E-state index contributed by atoms with van der Waals surface area (Å²) in [6.07, 6.45) is 7.55. The highest BCUT2D eigenvalue weighted by Gasteiger charge is 2.37. The molecule has 2 atom stereocenters. The summed E-state index contributed by atoms with van der Waals surface area (Å²) >= 11 is 6.26. The lowest BCUT2D eigenvalue weighted by molar-refractivity contribution is 0.0252. The van der Waals surface area contributed by atoms with Crippen LogP contribution in [0.4, 0.5) is 5.82 Å². The summed E-state index contributed by atoms with van der Waals surface area (Å²) in [4.78, 5) is 11.1. The van der Waals surface area contributed by atoms with Crippen LogP contribution in [0.15, 0.2) is 6.33 Å². The SMILES string of the molecule is CCCc1c(Cl)ncnc1N1CCOC2CCCC21. The van der Waals surface area contributed by atoms with Crippen LogP contribution in [0, 0.1) is 0 Å². The minimum absolute atomic E-state index is 0.372. The molecule has 0 amide bonds. The van der Waals surface area contributed by atoms with Crippen LogP contribution in [0.25, 0.3) is 0 Å². The number of nitrogens with zero attached hydrogens (tertiary/aromatic N) is 3. The van der Waals surface area contributed by atoms with Gasteiger partial charge in [-0.05, 0) is 25.7 Å². The van der Waals surface area contributed by atoms with Gasteiger partial charge in [0.15, 0.2) is 0 Å². The summed E-state index contributed by atoms with van der Waals surface area (Å²) in [5, 5.41) is 0.605. The lowest BCUT2D eigenvalue weighted by Gasteiger charge is -2.39. The van der Waals surface area contributed by atoms with Gasteiger partial charge in [-0.15, -0.1) is 0 Å². The predicted octanol–water partition coefficient (Wildman–Crippen LogP) is 2.84. The minimum Gasteiger partial charge on any atom is -0.374 e. The van der Waals surface area contributed by atoms with Crippen LogP contribution in [0.2, 0.25) is 5.15 Å². The number of halogens is 1. The molecule has 5 heteroatoms. The second-order valence-corrected chi connectivity index (χ2v) is 5.68. The van der Waals surface area contributed by atoms with Gasteiger partial charge in [0.1, 0.15) is 17.3 Å². The fourth-order valence-electron chi connectivity index (χ4n) is 3.28. The molecule has 0 N–H and O–H groups in total. The molecule has 0 bridgehead atoms. The first-order valence-corrected chi connectivity index (χ1v) is 7.56. The van der Waals surface area contributed by atoms with Gasteiger partial charge < -0.3 is 9.64 Å². The van der Waals surface area contributed by atoms with Gasteiger partial charge in [-0.25, -0.2) is 9.97 Å². The molecule has 4 nitrogen and oxygen atoms in total. The maximum absolute atomic E-state index is 6.26. The van der Waals surface area contributed by atoms with Crippen molar-refractivity contribution in [3.8, 4) is 0 Å². The Morgan fingerprint density at radius 2 is 2.32 bits per heavy atom. The third kappa shape index (κ3) is 2.43. The molecule has 2 unspecified atom stereocenters. The molecule has 1 saturated heterocycles. The highest BCUT2D eigenvalue weighted by molar-refractivity contribution is 6.30. The Hall–Kier alpha value is -0.870. The molecular weight excluding hydrogens is 262 g/mol. The predicted molar refractivity (Wildman–Crippen MR) is 75.8 cm³/mol. The Balaban J connectivity index is 1.94. The Morgan fingerprint density at radius 1 is 1.42 bits per heavy atom. The Bertz CT molecular complexity index is 454. The molecule has 3 rings (SSSR count). The summed E-state index contributed by atoms with van der Waals surface area (Å²) < 4.78 is 5.87. The van der Waals surface area contributed by atoms with Crippen LogP contribution in [0.1, 0.15) is 38.2 Å². The number of anilines is 1. The van der Waals surface area contributed by atoms with Gasteiger partial charge in [0.2, 0.25) is 0 Å². The smallest absolute Gasteiger partial charge is 0.137 e. The number of ether oxygens (including phenoxy) is 1. The van der Waals surface area contributed by atoms with Crippen LogP contribution in [0.3, 0.4) is 0 Å². The highest BCUT2D eigenvalue weighted by atomic mass is 35.5. The second-order valence-electron chi connectivity index (χ2n) is 5.32. The van der Waals surface area contributed by atoms with Crippen LogP contribution >= 0.6 is 11.6 Å². The number of fused-ring (bicyclic) bond motifs is 1. The van der Waals surface area contributed by atoms with Gasteiger partial charge in [0, 0.05) is 12.1 Å². The molecule has 2 fully saturated rings. The number of hydrogen-bond acceptors (Lipinski definition) is 4. The molecule has 0 radical (unpaired) electrons. The van der Waals surface area contributed by atoms with Crippen molar-refractivity contribution in [3.05, 3.63) is 17.0 Å². The molecule has 2 heterocycles. The molecule has 1 aromatic rings. The lowest BCUT2D eigenvalue weighted by Crippen LogP contribution is -2.49. The van der Waals surface area contributed by atoms with E-state index in [1.54, 1.807) is 6.33 Å².